The van der Waals surface area contributed by atoms with Gasteiger partial charge in [0.15, 0.2) is 0 Å². The summed E-state index contributed by atoms with van der Waals surface area (Å²) in [6.45, 7) is 7.12. The second-order valence-electron chi connectivity index (χ2n) is 6.14. The fourth-order valence-electron chi connectivity index (χ4n) is 2.57. The maximum absolute atomic E-state index is 12.4. The molecule has 0 aliphatic rings. The average Bonchev–Trinajstić information content (AvgIpc) is 2.99. The first-order valence-electron chi connectivity index (χ1n) is 9.34. The maximum atomic E-state index is 12.4. The van der Waals surface area contributed by atoms with E-state index in [0.717, 1.165) is 5.56 Å². The number of rotatable bonds is 9. The van der Waals surface area contributed by atoms with Crippen molar-refractivity contribution in [3.63, 3.8) is 0 Å². The number of benzene rings is 1. The highest BCUT2D eigenvalue weighted by Crippen LogP contribution is 2.29. The van der Waals surface area contributed by atoms with Gasteiger partial charge < -0.3 is 18.6 Å². The molecule has 8 heteroatoms. The molecule has 1 amide bonds. The van der Waals surface area contributed by atoms with Crippen molar-refractivity contribution in [2.75, 3.05) is 25.1 Å². The SMILES string of the molecule is CCOC(=O)c1c(C)oc(NC(=O)CCOc2ccc(C)cc2)c1C(=O)OCC. The van der Waals surface area contributed by atoms with Crippen LogP contribution in [-0.4, -0.2) is 37.7 Å². The van der Waals surface area contributed by atoms with Crippen molar-refractivity contribution in [2.45, 2.75) is 34.1 Å². The molecule has 2 aromatic rings. The Morgan fingerprint density at radius 1 is 0.931 bits per heavy atom. The topological polar surface area (TPSA) is 104 Å². The summed E-state index contributed by atoms with van der Waals surface area (Å²) in [7, 11) is 0. The lowest BCUT2D eigenvalue weighted by Crippen LogP contribution is -2.18. The molecule has 156 valence electrons. The van der Waals surface area contributed by atoms with E-state index < -0.39 is 17.8 Å². The van der Waals surface area contributed by atoms with Gasteiger partial charge in [0.1, 0.15) is 22.6 Å². The Bertz CT molecular complexity index is 868. The molecule has 1 aromatic carbocycles. The van der Waals surface area contributed by atoms with Gasteiger partial charge in [-0.25, -0.2) is 9.59 Å². The Hall–Kier alpha value is -3.29. The molecule has 29 heavy (non-hydrogen) atoms. The highest BCUT2D eigenvalue weighted by molar-refractivity contribution is 6.09. The van der Waals surface area contributed by atoms with E-state index in [9.17, 15) is 14.4 Å². The lowest BCUT2D eigenvalue weighted by atomic mass is 10.1. The van der Waals surface area contributed by atoms with Crippen LogP contribution >= 0.6 is 0 Å². The van der Waals surface area contributed by atoms with Gasteiger partial charge in [-0.2, -0.15) is 0 Å². The fraction of sp³-hybridized carbons (Fsp3) is 0.381. The summed E-state index contributed by atoms with van der Waals surface area (Å²) in [5, 5.41) is 2.51. The average molecular weight is 403 g/mol. The van der Waals surface area contributed by atoms with E-state index in [1.54, 1.807) is 13.8 Å². The molecule has 0 atom stereocenters. The molecule has 0 saturated carbocycles. The van der Waals surface area contributed by atoms with E-state index in [0.29, 0.717) is 5.75 Å². The number of nitrogens with one attached hydrogen (secondary N) is 1. The van der Waals surface area contributed by atoms with Gasteiger partial charge in [-0.1, -0.05) is 17.7 Å². The van der Waals surface area contributed by atoms with Gasteiger partial charge >= 0.3 is 11.9 Å². The van der Waals surface area contributed by atoms with Crippen molar-refractivity contribution in [3.05, 3.63) is 46.7 Å². The molecule has 1 N–H and O–H groups in total. The van der Waals surface area contributed by atoms with Gasteiger partial charge in [0, 0.05) is 0 Å². The van der Waals surface area contributed by atoms with Crippen LogP contribution in [0.2, 0.25) is 0 Å². The minimum absolute atomic E-state index is 0.0185. The summed E-state index contributed by atoms with van der Waals surface area (Å²) in [5.74, 6) is -1.29. The molecule has 0 spiro atoms. The predicted molar refractivity (Wildman–Crippen MR) is 105 cm³/mol. The molecule has 0 fully saturated rings. The Labute approximate surface area is 169 Å². The van der Waals surface area contributed by atoms with Crippen LogP contribution in [0, 0.1) is 13.8 Å². The Balaban J connectivity index is 2.10. The molecule has 2 rings (SSSR count). The van der Waals surface area contributed by atoms with Crippen molar-refractivity contribution in [2.24, 2.45) is 0 Å². The van der Waals surface area contributed by atoms with Crippen molar-refractivity contribution in [1.82, 2.24) is 0 Å². The Morgan fingerprint density at radius 2 is 1.52 bits per heavy atom. The van der Waals surface area contributed by atoms with Gasteiger partial charge in [-0.05, 0) is 39.8 Å². The number of carbonyl (C=O) groups excluding carboxylic acids is 3. The number of anilines is 1. The van der Waals surface area contributed by atoms with Gasteiger partial charge in [0.05, 0.1) is 26.2 Å². The first-order valence-corrected chi connectivity index (χ1v) is 9.34. The number of ether oxygens (including phenoxy) is 3. The molecule has 0 bridgehead atoms. The first kappa shape index (κ1) is 22.0. The highest BCUT2D eigenvalue weighted by Gasteiger charge is 2.31. The van der Waals surface area contributed by atoms with Crippen LogP contribution in [0.5, 0.6) is 5.75 Å². The first-order chi connectivity index (χ1) is 13.9. The van der Waals surface area contributed by atoms with Gasteiger partial charge in [0.2, 0.25) is 11.8 Å². The molecule has 1 heterocycles. The lowest BCUT2D eigenvalue weighted by molar-refractivity contribution is -0.116. The summed E-state index contributed by atoms with van der Waals surface area (Å²) in [6, 6.07) is 7.44. The van der Waals surface area contributed by atoms with Crippen LogP contribution in [0.15, 0.2) is 28.7 Å². The third-order valence-electron chi connectivity index (χ3n) is 3.92. The van der Waals surface area contributed by atoms with Crippen LogP contribution in [0.4, 0.5) is 5.88 Å². The van der Waals surface area contributed by atoms with E-state index in [1.165, 1.54) is 6.92 Å². The van der Waals surface area contributed by atoms with Crippen molar-refractivity contribution in [3.8, 4) is 5.75 Å². The minimum Gasteiger partial charge on any atom is -0.493 e. The molecule has 0 saturated heterocycles. The second kappa shape index (κ2) is 10.3. The zero-order valence-corrected chi connectivity index (χ0v) is 17.0. The number of furan rings is 1. The van der Waals surface area contributed by atoms with Crippen molar-refractivity contribution >= 4 is 23.7 Å². The molecule has 1 aromatic heterocycles. The Kier molecular flexibility index (Phi) is 7.82. The lowest BCUT2D eigenvalue weighted by Gasteiger charge is -2.08. The molecule has 8 nitrogen and oxygen atoms in total. The largest absolute Gasteiger partial charge is 0.493 e. The minimum atomic E-state index is -0.779. The molecule has 0 aliphatic carbocycles. The quantitative estimate of drug-likeness (QED) is 0.637. The zero-order valence-electron chi connectivity index (χ0n) is 17.0. The smallest absolute Gasteiger partial charge is 0.344 e. The van der Waals surface area contributed by atoms with E-state index in [-0.39, 0.29) is 49.0 Å². The molecular formula is C21H25NO7. The third-order valence-corrected chi connectivity index (χ3v) is 3.92. The number of esters is 2. The predicted octanol–water partition coefficient (Wildman–Crippen LogP) is 3.66. The zero-order chi connectivity index (χ0) is 21.4. The maximum Gasteiger partial charge on any atom is 0.344 e. The van der Waals surface area contributed by atoms with Crippen LogP contribution < -0.4 is 10.1 Å². The fourth-order valence-corrected chi connectivity index (χ4v) is 2.57. The second-order valence-corrected chi connectivity index (χ2v) is 6.14. The molecule has 0 aliphatic heterocycles. The summed E-state index contributed by atoms with van der Waals surface area (Å²) >= 11 is 0. The van der Waals surface area contributed by atoms with Crippen LogP contribution in [0.25, 0.3) is 0 Å². The monoisotopic (exact) mass is 403 g/mol. The summed E-state index contributed by atoms with van der Waals surface area (Å²) in [4.78, 5) is 36.9. The number of amides is 1. The molecule has 0 unspecified atom stereocenters. The molecule has 0 radical (unpaired) electrons. The summed E-state index contributed by atoms with van der Waals surface area (Å²) in [5.41, 5.74) is 0.888. The normalized spacial score (nSPS) is 10.3. The number of hydrogen-bond acceptors (Lipinski definition) is 7. The standard InChI is InChI=1S/C21H25NO7/c1-5-26-20(24)17-14(4)29-19(18(17)21(25)27-6-2)22-16(23)11-12-28-15-9-7-13(3)8-10-15/h7-10H,5-6,11-12H2,1-4H3,(H,22,23). The van der Waals surface area contributed by atoms with Gasteiger partial charge in [0.25, 0.3) is 0 Å². The highest BCUT2D eigenvalue weighted by atomic mass is 16.5. The summed E-state index contributed by atoms with van der Waals surface area (Å²) in [6.07, 6.45) is 0.0185. The van der Waals surface area contributed by atoms with Crippen LogP contribution in [0.1, 0.15) is 52.3 Å². The number of aryl methyl sites for hydroxylation is 2. The van der Waals surface area contributed by atoms with E-state index in [2.05, 4.69) is 5.32 Å². The van der Waals surface area contributed by atoms with E-state index in [4.69, 9.17) is 18.6 Å². The van der Waals surface area contributed by atoms with Gasteiger partial charge in [-0.15, -0.1) is 0 Å². The number of carbonyl (C=O) groups is 3. The number of hydrogen-bond donors (Lipinski definition) is 1. The van der Waals surface area contributed by atoms with E-state index >= 15 is 0 Å². The molecular weight excluding hydrogens is 378 g/mol. The third kappa shape index (κ3) is 5.84. The van der Waals surface area contributed by atoms with E-state index in [1.807, 2.05) is 31.2 Å². The summed E-state index contributed by atoms with van der Waals surface area (Å²) < 4.78 is 21.0. The van der Waals surface area contributed by atoms with Crippen LogP contribution in [-0.2, 0) is 14.3 Å². The van der Waals surface area contributed by atoms with Crippen molar-refractivity contribution < 1.29 is 33.0 Å². The van der Waals surface area contributed by atoms with Crippen molar-refractivity contribution in [1.29, 1.82) is 0 Å². The van der Waals surface area contributed by atoms with Crippen LogP contribution in [0.3, 0.4) is 0 Å². The Morgan fingerprint density at radius 3 is 2.10 bits per heavy atom. The van der Waals surface area contributed by atoms with Gasteiger partial charge in [-0.3, -0.25) is 10.1 Å².